The zero-order valence-corrected chi connectivity index (χ0v) is 6.27. The van der Waals surface area contributed by atoms with Crippen molar-refractivity contribution >= 4 is 4.67 Å². The second-order valence-electron chi connectivity index (χ2n) is 2.10. The minimum atomic E-state index is 1.12. The molecule has 1 saturated heterocycles. The third kappa shape index (κ3) is 1.00. The van der Waals surface area contributed by atoms with E-state index in [4.69, 9.17) is 0 Å². The summed E-state index contributed by atoms with van der Waals surface area (Å²) in [6.07, 6.45) is 0. The van der Waals surface area contributed by atoms with E-state index in [9.17, 15) is 0 Å². The zero-order chi connectivity index (χ0) is 6.15. The zero-order valence-electron chi connectivity index (χ0n) is 5.16. The van der Waals surface area contributed by atoms with Gasteiger partial charge in [0.15, 0.2) is 0 Å². The third-order valence-corrected chi connectivity index (χ3v) is 2.23. The molecule has 0 saturated carbocycles. The summed E-state index contributed by atoms with van der Waals surface area (Å²) in [6, 6.07) is 0. The Morgan fingerprint density at radius 1 is 1.25 bits per heavy atom. The molecule has 0 radical (unpaired) electrons. The van der Waals surface area contributed by atoms with Crippen LogP contribution >= 0.6 is 0 Å². The predicted octanol–water partition coefficient (Wildman–Crippen LogP) is -0.502. The van der Waals surface area contributed by atoms with Gasteiger partial charge in [-0.05, 0) is 0 Å². The van der Waals surface area contributed by atoms with Gasteiger partial charge in [-0.3, -0.25) is 0 Å². The van der Waals surface area contributed by atoms with E-state index in [2.05, 4.69) is 39.5 Å². The van der Waals surface area contributed by atoms with Gasteiger partial charge in [0.05, 0.1) is 0 Å². The van der Waals surface area contributed by atoms with E-state index in [1.807, 2.05) is 0 Å². The fraction of sp³-hybridized carbons (Fsp3) is 0.800. The molecule has 0 bridgehead atoms. The van der Waals surface area contributed by atoms with Crippen molar-refractivity contribution in [1.29, 1.82) is 0 Å². The van der Waals surface area contributed by atoms with Crippen LogP contribution < -0.4 is 0 Å². The molecule has 1 fully saturated rings. The van der Waals surface area contributed by atoms with Gasteiger partial charge >= 0.3 is 57.2 Å². The topological polar surface area (TPSA) is 6.48 Å². The summed E-state index contributed by atoms with van der Waals surface area (Å²) >= 11 is 3.87. The Morgan fingerprint density at radius 2 is 1.62 bits per heavy atom. The second kappa shape index (κ2) is 2.28. The summed E-state index contributed by atoms with van der Waals surface area (Å²) in [4.78, 5) is 4.31. The van der Waals surface area contributed by atoms with E-state index < -0.39 is 0 Å². The first-order valence-corrected chi connectivity index (χ1v) is 3.20. The van der Waals surface area contributed by atoms with E-state index in [0.717, 1.165) is 17.8 Å². The Bertz CT molecular complexity index is 101. The molecule has 1 rings (SSSR count). The summed E-state index contributed by atoms with van der Waals surface area (Å²) in [6.45, 7) is 2.24. The van der Waals surface area contributed by atoms with Crippen LogP contribution in [0.15, 0.2) is 0 Å². The van der Waals surface area contributed by atoms with Crippen molar-refractivity contribution in [3.05, 3.63) is 0 Å². The van der Waals surface area contributed by atoms with E-state index in [1.54, 1.807) is 0 Å². The molecule has 1 heterocycles. The van der Waals surface area contributed by atoms with Gasteiger partial charge in [0, 0.05) is 0 Å². The third-order valence-electron chi connectivity index (χ3n) is 1.38. The Labute approximate surface area is 57.8 Å². The van der Waals surface area contributed by atoms with Gasteiger partial charge in [-0.15, -0.1) is 0 Å². The van der Waals surface area contributed by atoms with Crippen LogP contribution in [0.25, 0.3) is 0 Å². The molecule has 48 valence electrons. The molecular formula is C5H10FeN2. The summed E-state index contributed by atoms with van der Waals surface area (Å²) in [7, 11) is 4.12. The molecule has 0 N–H and O–H groups in total. The Hall–Kier alpha value is 0.309. The minimum absolute atomic E-state index is 1.12. The van der Waals surface area contributed by atoms with Crippen molar-refractivity contribution in [2.24, 2.45) is 0 Å². The number of nitrogens with zero attached hydrogens (tertiary/aromatic N) is 2. The molecule has 0 aliphatic carbocycles. The van der Waals surface area contributed by atoms with Gasteiger partial charge in [-0.2, -0.15) is 0 Å². The summed E-state index contributed by atoms with van der Waals surface area (Å²) in [5.74, 6) is 0. The molecule has 0 aromatic rings. The van der Waals surface area contributed by atoms with Crippen LogP contribution in [0, 0.1) is 0 Å². The van der Waals surface area contributed by atoms with Crippen molar-refractivity contribution in [2.45, 2.75) is 0 Å². The summed E-state index contributed by atoms with van der Waals surface area (Å²) < 4.78 is 1.13. The number of hydrogen-bond acceptors (Lipinski definition) is 2. The fourth-order valence-corrected chi connectivity index (χ4v) is 1.02. The normalized spacial score (nSPS) is 25.1. The molecule has 3 heteroatoms. The molecule has 2 nitrogen and oxygen atoms in total. The van der Waals surface area contributed by atoms with Crippen LogP contribution in [0.5, 0.6) is 0 Å². The molecule has 1 aliphatic rings. The first kappa shape index (κ1) is 6.43. The predicted molar refractivity (Wildman–Crippen MR) is 30.3 cm³/mol. The number of rotatable bonds is 0. The van der Waals surface area contributed by atoms with Crippen molar-refractivity contribution in [2.75, 3.05) is 27.2 Å². The van der Waals surface area contributed by atoms with Gasteiger partial charge in [0.1, 0.15) is 0 Å². The standard InChI is InChI=1S/C5H10N2.Fe/c1-6-3-4-7(2)5-6;/h3-4H2,1-2H3;. The van der Waals surface area contributed by atoms with Crippen molar-refractivity contribution in [3.63, 3.8) is 0 Å². The summed E-state index contributed by atoms with van der Waals surface area (Å²) in [5, 5.41) is 0. The maximum atomic E-state index is 3.87. The van der Waals surface area contributed by atoms with Gasteiger partial charge in [0.2, 0.25) is 0 Å². The van der Waals surface area contributed by atoms with Crippen molar-refractivity contribution in [3.8, 4) is 0 Å². The molecule has 0 aromatic carbocycles. The number of likely N-dealkylation sites (N-methyl/N-ethyl adjacent to an activating group) is 2. The van der Waals surface area contributed by atoms with E-state index in [1.165, 1.54) is 0 Å². The van der Waals surface area contributed by atoms with E-state index >= 15 is 0 Å². The Balaban J connectivity index is 2.57. The molecular weight excluding hydrogens is 144 g/mol. The van der Waals surface area contributed by atoms with Crippen LogP contribution in [-0.4, -0.2) is 41.7 Å². The summed E-state index contributed by atoms with van der Waals surface area (Å²) in [5.41, 5.74) is 0. The molecule has 0 amide bonds. The average Bonchev–Trinajstić information content (AvgIpc) is 1.98. The second-order valence-corrected chi connectivity index (χ2v) is 2.60. The van der Waals surface area contributed by atoms with Crippen LogP contribution in [0.3, 0.4) is 0 Å². The molecule has 8 heavy (non-hydrogen) atoms. The van der Waals surface area contributed by atoms with E-state index in [-0.39, 0.29) is 0 Å². The van der Waals surface area contributed by atoms with Crippen molar-refractivity contribution < 1.29 is 15.6 Å². The van der Waals surface area contributed by atoms with Crippen LogP contribution in [0.1, 0.15) is 0 Å². The first-order chi connectivity index (χ1) is 3.72. The molecule has 0 spiro atoms. The molecule has 0 unspecified atom stereocenters. The van der Waals surface area contributed by atoms with Gasteiger partial charge in [0.25, 0.3) is 0 Å². The Kier molecular flexibility index (Phi) is 1.83. The van der Waals surface area contributed by atoms with Crippen LogP contribution in [-0.2, 0) is 15.6 Å². The molecule has 1 aliphatic heterocycles. The quantitative estimate of drug-likeness (QED) is 0.434. The van der Waals surface area contributed by atoms with Crippen molar-refractivity contribution in [1.82, 2.24) is 9.80 Å². The van der Waals surface area contributed by atoms with Crippen LogP contribution in [0.2, 0.25) is 0 Å². The number of hydrogen-bond donors (Lipinski definition) is 0. The van der Waals surface area contributed by atoms with Gasteiger partial charge < -0.3 is 0 Å². The monoisotopic (exact) mass is 154 g/mol. The van der Waals surface area contributed by atoms with Gasteiger partial charge in [-0.25, -0.2) is 0 Å². The SMILES string of the molecule is CN1CCN(C)[C]1=[Fe]. The maximum absolute atomic E-state index is 3.87. The molecule has 0 atom stereocenters. The first-order valence-electron chi connectivity index (χ1n) is 2.65. The van der Waals surface area contributed by atoms with E-state index in [0.29, 0.717) is 0 Å². The average molecular weight is 154 g/mol. The molecule has 0 aromatic heterocycles. The van der Waals surface area contributed by atoms with Gasteiger partial charge in [-0.1, -0.05) is 0 Å². The fourth-order valence-electron chi connectivity index (χ4n) is 0.770. The van der Waals surface area contributed by atoms with Crippen LogP contribution in [0.4, 0.5) is 0 Å². The Morgan fingerprint density at radius 3 is 1.75 bits per heavy atom.